The van der Waals surface area contributed by atoms with Crippen LogP contribution in [0.25, 0.3) is 11.1 Å². The van der Waals surface area contributed by atoms with Gasteiger partial charge in [-0.1, -0.05) is 42.5 Å². The smallest absolute Gasteiger partial charge is 0.370 e. The van der Waals surface area contributed by atoms with E-state index in [4.69, 9.17) is 14.6 Å². The van der Waals surface area contributed by atoms with Crippen LogP contribution >= 0.6 is 0 Å². The first-order valence-corrected chi connectivity index (χ1v) is 9.71. The Labute approximate surface area is 164 Å². The minimum Gasteiger partial charge on any atom is -0.475 e. The van der Waals surface area contributed by atoms with Gasteiger partial charge in [0.2, 0.25) is 12.0 Å². The number of carboxylic acids is 1. The Balaban J connectivity index is 1.61. The van der Waals surface area contributed by atoms with E-state index in [-0.39, 0.29) is 18.3 Å². The van der Waals surface area contributed by atoms with Gasteiger partial charge in [-0.3, -0.25) is 0 Å². The number of aliphatic hydroxyl groups excluding tert-OH is 1. The first-order valence-electron chi connectivity index (χ1n) is 9.71. The van der Waals surface area contributed by atoms with Gasteiger partial charge in [-0.25, -0.2) is 4.79 Å². The highest BCUT2D eigenvalue weighted by atomic mass is 16.7. The lowest BCUT2D eigenvalue weighted by molar-refractivity contribution is -0.157. The number of fused-ring (bicyclic) bond motifs is 3. The number of unbranched alkanes of at least 4 members (excludes halogenated alkanes) is 1. The average molecular weight is 380 g/mol. The fourth-order valence-electron chi connectivity index (χ4n) is 4.09. The molecule has 0 spiro atoms. The zero-order valence-corrected chi connectivity index (χ0v) is 15.6. The molecular weight excluding hydrogens is 356 g/mol. The predicted octanol–water partition coefficient (Wildman–Crippen LogP) is 3.85. The molecule has 0 fully saturated rings. The summed E-state index contributed by atoms with van der Waals surface area (Å²) in [6.45, 7) is 0.553. The van der Waals surface area contributed by atoms with E-state index in [9.17, 15) is 9.90 Å². The Morgan fingerprint density at radius 3 is 2.75 bits per heavy atom. The molecule has 0 amide bonds. The Bertz CT molecular complexity index is 902. The van der Waals surface area contributed by atoms with E-state index in [1.165, 1.54) is 22.3 Å². The molecule has 4 rings (SSSR count). The van der Waals surface area contributed by atoms with Crippen LogP contribution in [0.4, 0.5) is 0 Å². The van der Waals surface area contributed by atoms with E-state index in [1.807, 2.05) is 12.1 Å². The van der Waals surface area contributed by atoms with E-state index in [2.05, 4.69) is 30.3 Å². The van der Waals surface area contributed by atoms with Crippen molar-refractivity contribution in [2.45, 2.75) is 37.9 Å². The number of aliphatic hydroxyl groups is 1. The maximum absolute atomic E-state index is 11.6. The quantitative estimate of drug-likeness (QED) is 0.609. The third-order valence-electron chi connectivity index (χ3n) is 5.41. The van der Waals surface area contributed by atoms with Crippen molar-refractivity contribution in [2.75, 3.05) is 13.2 Å². The van der Waals surface area contributed by atoms with Crippen LogP contribution in [0.3, 0.4) is 0 Å². The lowest BCUT2D eigenvalue weighted by Crippen LogP contribution is -2.27. The minimum absolute atomic E-state index is 0.0588. The van der Waals surface area contributed by atoms with Crippen molar-refractivity contribution in [3.05, 3.63) is 71.0 Å². The Morgan fingerprint density at radius 2 is 1.93 bits per heavy atom. The number of hydrogen-bond donors (Lipinski definition) is 2. The molecule has 0 saturated heterocycles. The predicted molar refractivity (Wildman–Crippen MR) is 105 cm³/mol. The van der Waals surface area contributed by atoms with Crippen molar-refractivity contribution in [1.82, 2.24) is 0 Å². The second-order valence-corrected chi connectivity index (χ2v) is 7.23. The Hall–Kier alpha value is -2.63. The zero-order chi connectivity index (χ0) is 19.5. The molecule has 2 unspecified atom stereocenters. The van der Waals surface area contributed by atoms with E-state index < -0.39 is 12.3 Å². The molecule has 1 heterocycles. The van der Waals surface area contributed by atoms with Crippen LogP contribution in [0.2, 0.25) is 0 Å². The highest BCUT2D eigenvalue weighted by Crippen LogP contribution is 2.42. The van der Waals surface area contributed by atoms with E-state index in [0.29, 0.717) is 25.9 Å². The standard InChI is InChI=1S/C23H24O5/c24-10-3-4-11-27-22-14-16(13-21(28-22)23(25)26)18-8-5-9-19-17-7-2-1-6-15(17)12-20(18)19/h1-2,5-9,13,16,22,24H,3-4,10-12,14H2,(H,25,26). The van der Waals surface area contributed by atoms with Gasteiger partial charge in [0.05, 0.1) is 6.61 Å². The molecule has 1 aliphatic heterocycles. The minimum atomic E-state index is -1.08. The number of rotatable bonds is 7. The van der Waals surface area contributed by atoms with Gasteiger partial charge in [0.25, 0.3) is 0 Å². The molecule has 2 aliphatic rings. The largest absolute Gasteiger partial charge is 0.475 e. The van der Waals surface area contributed by atoms with Gasteiger partial charge in [-0.05, 0) is 53.2 Å². The molecule has 5 heteroatoms. The topological polar surface area (TPSA) is 76.0 Å². The molecule has 0 saturated carbocycles. The summed E-state index contributed by atoms with van der Waals surface area (Å²) in [5.41, 5.74) is 6.18. The summed E-state index contributed by atoms with van der Waals surface area (Å²) in [6, 6.07) is 14.6. The summed E-state index contributed by atoms with van der Waals surface area (Å²) < 4.78 is 11.3. The molecule has 2 atom stereocenters. The summed E-state index contributed by atoms with van der Waals surface area (Å²) in [4.78, 5) is 11.6. The molecule has 2 aromatic carbocycles. The van der Waals surface area contributed by atoms with Crippen molar-refractivity contribution in [3.8, 4) is 11.1 Å². The summed E-state index contributed by atoms with van der Waals surface area (Å²) in [7, 11) is 0. The maximum atomic E-state index is 11.6. The van der Waals surface area contributed by atoms with Crippen molar-refractivity contribution < 1.29 is 24.5 Å². The second kappa shape index (κ2) is 8.17. The second-order valence-electron chi connectivity index (χ2n) is 7.23. The first-order chi connectivity index (χ1) is 13.7. The van der Waals surface area contributed by atoms with E-state index in [0.717, 1.165) is 12.0 Å². The van der Waals surface area contributed by atoms with Gasteiger partial charge in [-0.15, -0.1) is 0 Å². The van der Waals surface area contributed by atoms with Crippen LogP contribution in [0.1, 0.15) is 41.9 Å². The molecule has 1 aliphatic carbocycles. The number of allylic oxidation sites excluding steroid dienone is 1. The van der Waals surface area contributed by atoms with Crippen molar-refractivity contribution in [3.63, 3.8) is 0 Å². The van der Waals surface area contributed by atoms with Gasteiger partial charge in [-0.2, -0.15) is 0 Å². The van der Waals surface area contributed by atoms with Crippen LogP contribution in [0.5, 0.6) is 0 Å². The van der Waals surface area contributed by atoms with Crippen LogP contribution in [-0.4, -0.2) is 35.7 Å². The summed E-state index contributed by atoms with van der Waals surface area (Å²) >= 11 is 0. The molecule has 0 bridgehead atoms. The van der Waals surface area contributed by atoms with Gasteiger partial charge in [0, 0.05) is 18.9 Å². The van der Waals surface area contributed by atoms with Crippen LogP contribution in [0.15, 0.2) is 54.3 Å². The van der Waals surface area contributed by atoms with Crippen LogP contribution < -0.4 is 0 Å². The lowest BCUT2D eigenvalue weighted by atomic mass is 9.87. The molecule has 0 radical (unpaired) electrons. The number of aliphatic carboxylic acids is 1. The summed E-state index contributed by atoms with van der Waals surface area (Å²) in [6.07, 6.45) is 3.90. The average Bonchev–Trinajstić information content (AvgIpc) is 3.10. The van der Waals surface area contributed by atoms with Gasteiger partial charge in [0.1, 0.15) is 0 Å². The summed E-state index contributed by atoms with van der Waals surface area (Å²) in [5.74, 6) is -1.21. The number of ether oxygens (including phenoxy) is 2. The van der Waals surface area contributed by atoms with Crippen molar-refractivity contribution in [1.29, 1.82) is 0 Å². The molecule has 2 N–H and O–H groups in total. The van der Waals surface area contributed by atoms with E-state index in [1.54, 1.807) is 6.08 Å². The van der Waals surface area contributed by atoms with Gasteiger partial charge >= 0.3 is 5.97 Å². The highest BCUT2D eigenvalue weighted by Gasteiger charge is 2.31. The monoisotopic (exact) mass is 380 g/mol. The molecule has 28 heavy (non-hydrogen) atoms. The fourth-order valence-corrected chi connectivity index (χ4v) is 4.09. The van der Waals surface area contributed by atoms with Gasteiger partial charge < -0.3 is 19.7 Å². The number of carbonyl (C=O) groups is 1. The zero-order valence-electron chi connectivity index (χ0n) is 15.6. The SMILES string of the molecule is O=C(O)C1=CC(c2cccc3c2Cc2ccccc2-3)CC(OCCCCO)O1. The molecule has 2 aromatic rings. The number of benzene rings is 2. The maximum Gasteiger partial charge on any atom is 0.370 e. The van der Waals surface area contributed by atoms with Crippen LogP contribution in [-0.2, 0) is 20.7 Å². The summed E-state index contributed by atoms with van der Waals surface area (Å²) in [5, 5.41) is 18.4. The Kier molecular flexibility index (Phi) is 5.46. The normalized spacial score (nSPS) is 20.1. The highest BCUT2D eigenvalue weighted by molar-refractivity contribution is 5.85. The van der Waals surface area contributed by atoms with E-state index >= 15 is 0 Å². The Morgan fingerprint density at radius 1 is 1.11 bits per heavy atom. The molecule has 0 aromatic heterocycles. The fraction of sp³-hybridized carbons (Fsp3) is 0.348. The number of carboxylic acid groups (broad SMARTS) is 1. The number of hydrogen-bond acceptors (Lipinski definition) is 4. The molecule has 146 valence electrons. The van der Waals surface area contributed by atoms with Crippen molar-refractivity contribution >= 4 is 5.97 Å². The third kappa shape index (κ3) is 3.68. The van der Waals surface area contributed by atoms with Crippen molar-refractivity contribution in [2.24, 2.45) is 0 Å². The van der Waals surface area contributed by atoms with Gasteiger partial charge in [0.15, 0.2) is 0 Å². The molecule has 5 nitrogen and oxygen atoms in total. The third-order valence-corrected chi connectivity index (χ3v) is 5.41. The first kappa shape index (κ1) is 18.7. The van der Waals surface area contributed by atoms with Crippen LogP contribution in [0, 0.1) is 0 Å². The molecular formula is C23H24O5. The lowest BCUT2D eigenvalue weighted by Gasteiger charge is -2.29.